The zero-order valence-corrected chi connectivity index (χ0v) is 9.76. The Hall–Kier alpha value is -2.02. The minimum Gasteiger partial charge on any atom is -0.496 e. The normalized spacial score (nSPS) is 16.9. The van der Waals surface area contributed by atoms with Crippen LogP contribution < -0.4 is 4.74 Å². The van der Waals surface area contributed by atoms with Gasteiger partial charge in [0.1, 0.15) is 5.75 Å². The number of rotatable bonds is 2. The molecule has 0 radical (unpaired) electrons. The highest BCUT2D eigenvalue weighted by Gasteiger charge is 2.20. The molecule has 3 rings (SSSR count). The van der Waals surface area contributed by atoms with Gasteiger partial charge in [-0.1, -0.05) is 54.6 Å². The van der Waals surface area contributed by atoms with Crippen molar-refractivity contribution >= 4 is 6.08 Å². The molecule has 0 unspecified atom stereocenters. The minimum absolute atomic E-state index is 0.362. The van der Waals surface area contributed by atoms with E-state index >= 15 is 0 Å². The average Bonchev–Trinajstić information content (AvgIpc) is 2.83. The molecule has 0 saturated heterocycles. The van der Waals surface area contributed by atoms with Gasteiger partial charge in [-0.25, -0.2) is 0 Å². The molecule has 0 aliphatic heterocycles. The van der Waals surface area contributed by atoms with Crippen molar-refractivity contribution in [2.45, 2.75) is 5.92 Å². The van der Waals surface area contributed by atoms with Gasteiger partial charge in [-0.15, -0.1) is 0 Å². The van der Waals surface area contributed by atoms with E-state index in [9.17, 15) is 0 Å². The van der Waals surface area contributed by atoms with E-state index in [4.69, 9.17) is 4.74 Å². The summed E-state index contributed by atoms with van der Waals surface area (Å²) in [4.78, 5) is 0. The lowest BCUT2D eigenvalue weighted by molar-refractivity contribution is 0.413. The Kier molecular flexibility index (Phi) is 2.45. The molecule has 1 atom stereocenters. The fourth-order valence-electron chi connectivity index (χ4n) is 2.44. The molecular weight excluding hydrogens is 208 g/mol. The Morgan fingerprint density at radius 3 is 2.53 bits per heavy atom. The maximum atomic E-state index is 5.39. The molecule has 0 bridgehead atoms. The monoisotopic (exact) mass is 222 g/mol. The lowest BCUT2D eigenvalue weighted by Crippen LogP contribution is -1.96. The molecule has 2 aromatic rings. The molecule has 1 aliphatic rings. The minimum atomic E-state index is 0.362. The van der Waals surface area contributed by atoms with E-state index in [0.717, 1.165) is 5.75 Å². The average molecular weight is 222 g/mol. The van der Waals surface area contributed by atoms with Crippen LogP contribution in [0.4, 0.5) is 0 Å². The number of ether oxygens (including phenoxy) is 1. The lowest BCUT2D eigenvalue weighted by Gasteiger charge is -2.12. The summed E-state index contributed by atoms with van der Waals surface area (Å²) >= 11 is 0. The maximum Gasteiger partial charge on any atom is 0.126 e. The van der Waals surface area contributed by atoms with E-state index < -0.39 is 0 Å². The molecule has 0 aromatic heterocycles. The predicted molar refractivity (Wildman–Crippen MR) is 70.3 cm³/mol. The number of hydrogen-bond acceptors (Lipinski definition) is 1. The van der Waals surface area contributed by atoms with Crippen molar-refractivity contribution in [1.29, 1.82) is 0 Å². The highest BCUT2D eigenvalue weighted by atomic mass is 16.5. The molecule has 0 amide bonds. The second kappa shape index (κ2) is 4.10. The highest BCUT2D eigenvalue weighted by Crippen LogP contribution is 2.39. The molecule has 0 fully saturated rings. The van der Waals surface area contributed by atoms with Crippen LogP contribution in [0.2, 0.25) is 0 Å². The van der Waals surface area contributed by atoms with Crippen LogP contribution in [-0.4, -0.2) is 7.11 Å². The van der Waals surface area contributed by atoms with Crippen LogP contribution in [-0.2, 0) is 0 Å². The zero-order chi connectivity index (χ0) is 11.7. The Morgan fingerprint density at radius 2 is 1.76 bits per heavy atom. The second-order valence-corrected chi connectivity index (χ2v) is 4.21. The number of hydrogen-bond donors (Lipinski definition) is 0. The lowest BCUT2D eigenvalue weighted by atomic mass is 9.93. The van der Waals surface area contributed by atoms with Gasteiger partial charge in [0.25, 0.3) is 0 Å². The highest BCUT2D eigenvalue weighted by molar-refractivity contribution is 5.70. The topological polar surface area (TPSA) is 9.23 Å². The number of allylic oxidation sites excluding steroid dienone is 1. The number of methoxy groups -OCH3 is 1. The van der Waals surface area contributed by atoms with Crippen molar-refractivity contribution in [2.75, 3.05) is 7.11 Å². The molecular formula is C16H14O. The molecule has 0 heterocycles. The van der Waals surface area contributed by atoms with Crippen LogP contribution >= 0.6 is 0 Å². The van der Waals surface area contributed by atoms with Gasteiger partial charge in [-0.05, 0) is 17.2 Å². The van der Waals surface area contributed by atoms with Gasteiger partial charge in [0.2, 0.25) is 0 Å². The van der Waals surface area contributed by atoms with Crippen LogP contribution in [0, 0.1) is 0 Å². The summed E-state index contributed by atoms with van der Waals surface area (Å²) in [5.74, 6) is 1.32. The van der Waals surface area contributed by atoms with Gasteiger partial charge >= 0.3 is 0 Å². The summed E-state index contributed by atoms with van der Waals surface area (Å²) < 4.78 is 5.39. The van der Waals surface area contributed by atoms with Gasteiger partial charge in [-0.3, -0.25) is 0 Å². The molecule has 1 heteroatoms. The van der Waals surface area contributed by atoms with Crippen LogP contribution in [0.25, 0.3) is 6.08 Å². The summed E-state index contributed by atoms with van der Waals surface area (Å²) in [6.07, 6.45) is 4.40. The summed E-state index contributed by atoms with van der Waals surface area (Å²) in [6, 6.07) is 16.8. The predicted octanol–water partition coefficient (Wildman–Crippen LogP) is 3.85. The van der Waals surface area contributed by atoms with Crippen molar-refractivity contribution in [1.82, 2.24) is 0 Å². The van der Waals surface area contributed by atoms with Crippen molar-refractivity contribution < 1.29 is 4.74 Å². The Balaban J connectivity index is 2.09. The summed E-state index contributed by atoms with van der Waals surface area (Å²) in [5.41, 5.74) is 3.87. The third-order valence-electron chi connectivity index (χ3n) is 3.27. The summed E-state index contributed by atoms with van der Waals surface area (Å²) in [6.45, 7) is 0. The van der Waals surface area contributed by atoms with E-state index in [2.05, 4.69) is 54.6 Å². The van der Waals surface area contributed by atoms with Gasteiger partial charge in [0.15, 0.2) is 0 Å². The maximum absolute atomic E-state index is 5.39. The van der Waals surface area contributed by atoms with E-state index in [1.54, 1.807) is 7.11 Å². The molecule has 0 spiro atoms. The first kappa shape index (κ1) is 10.2. The fraction of sp³-hybridized carbons (Fsp3) is 0.125. The van der Waals surface area contributed by atoms with Crippen molar-refractivity contribution in [3.63, 3.8) is 0 Å². The van der Waals surface area contributed by atoms with Crippen molar-refractivity contribution in [3.8, 4) is 5.75 Å². The molecule has 84 valence electrons. The summed E-state index contributed by atoms with van der Waals surface area (Å²) in [5, 5.41) is 0. The van der Waals surface area contributed by atoms with Gasteiger partial charge in [0, 0.05) is 11.5 Å². The van der Waals surface area contributed by atoms with E-state index in [1.807, 2.05) is 6.07 Å². The zero-order valence-electron chi connectivity index (χ0n) is 9.76. The SMILES string of the molecule is COc1cccc2c1C=C[C@@H]2c1ccccc1. The summed E-state index contributed by atoms with van der Waals surface area (Å²) in [7, 11) is 1.72. The molecule has 17 heavy (non-hydrogen) atoms. The molecule has 0 saturated carbocycles. The van der Waals surface area contributed by atoms with Gasteiger partial charge in [0.05, 0.1) is 7.11 Å². The first-order valence-corrected chi connectivity index (χ1v) is 5.80. The first-order chi connectivity index (χ1) is 8.40. The van der Waals surface area contributed by atoms with E-state index in [0.29, 0.717) is 5.92 Å². The number of fused-ring (bicyclic) bond motifs is 1. The van der Waals surface area contributed by atoms with Gasteiger partial charge in [-0.2, -0.15) is 0 Å². The fourth-order valence-corrected chi connectivity index (χ4v) is 2.44. The van der Waals surface area contributed by atoms with Crippen LogP contribution in [0.1, 0.15) is 22.6 Å². The van der Waals surface area contributed by atoms with E-state index in [1.165, 1.54) is 16.7 Å². The third kappa shape index (κ3) is 1.64. The molecule has 0 N–H and O–H groups in total. The van der Waals surface area contributed by atoms with Crippen LogP contribution in [0.15, 0.2) is 54.6 Å². The van der Waals surface area contributed by atoms with Crippen LogP contribution in [0.5, 0.6) is 5.75 Å². The Bertz CT molecular complexity index is 555. The Labute approximate surface area is 101 Å². The van der Waals surface area contributed by atoms with Crippen LogP contribution in [0.3, 0.4) is 0 Å². The van der Waals surface area contributed by atoms with Crippen molar-refractivity contribution in [2.24, 2.45) is 0 Å². The second-order valence-electron chi connectivity index (χ2n) is 4.21. The first-order valence-electron chi connectivity index (χ1n) is 5.80. The standard InChI is InChI=1S/C16H14O/c1-17-16-9-5-8-14-13(10-11-15(14)16)12-6-3-2-4-7-12/h2-11,13H,1H3/t13-/m1/s1. The third-order valence-corrected chi connectivity index (χ3v) is 3.27. The van der Waals surface area contributed by atoms with Gasteiger partial charge < -0.3 is 4.74 Å². The quantitative estimate of drug-likeness (QED) is 0.749. The largest absolute Gasteiger partial charge is 0.496 e. The van der Waals surface area contributed by atoms with E-state index in [-0.39, 0.29) is 0 Å². The molecule has 1 aliphatic carbocycles. The van der Waals surface area contributed by atoms with Crippen molar-refractivity contribution in [3.05, 3.63) is 71.3 Å². The Morgan fingerprint density at radius 1 is 0.941 bits per heavy atom. The smallest absolute Gasteiger partial charge is 0.126 e. The molecule has 2 aromatic carbocycles. The molecule has 1 nitrogen and oxygen atoms in total. The number of benzene rings is 2.